The van der Waals surface area contributed by atoms with Crippen molar-refractivity contribution in [2.45, 2.75) is 19.4 Å². The molecular weight excluding hydrogens is 290 g/mol. The Balaban J connectivity index is 1.89. The summed E-state index contributed by atoms with van der Waals surface area (Å²) in [6, 6.07) is 15.4. The number of ether oxygens (including phenoxy) is 1. The molecule has 23 heavy (non-hydrogen) atoms. The number of carbonyl (C=O) groups excluding carboxylic acids is 1. The topological polar surface area (TPSA) is 70.1 Å². The lowest BCUT2D eigenvalue weighted by Crippen LogP contribution is -2.17. The third-order valence-electron chi connectivity index (χ3n) is 3.71. The highest BCUT2D eigenvalue weighted by Gasteiger charge is 2.14. The van der Waals surface area contributed by atoms with Gasteiger partial charge >= 0.3 is 5.97 Å². The van der Waals surface area contributed by atoms with Crippen molar-refractivity contribution >= 4 is 16.9 Å². The van der Waals surface area contributed by atoms with Gasteiger partial charge in [0.1, 0.15) is 0 Å². The molecule has 0 amide bonds. The van der Waals surface area contributed by atoms with Gasteiger partial charge < -0.3 is 10.5 Å². The summed E-state index contributed by atoms with van der Waals surface area (Å²) < 4.78 is 6.83. The zero-order valence-corrected chi connectivity index (χ0v) is 13.0. The fourth-order valence-corrected chi connectivity index (χ4v) is 2.58. The van der Waals surface area contributed by atoms with Crippen LogP contribution in [0.3, 0.4) is 0 Å². The zero-order valence-electron chi connectivity index (χ0n) is 13.0. The van der Waals surface area contributed by atoms with Crippen LogP contribution in [0.15, 0.2) is 54.7 Å². The Morgan fingerprint density at radius 2 is 2.09 bits per heavy atom. The fourth-order valence-electron chi connectivity index (χ4n) is 2.58. The normalized spacial score (nSPS) is 12.3. The number of hydrogen-bond donors (Lipinski definition) is 1. The Kier molecular flexibility index (Phi) is 4.39. The van der Waals surface area contributed by atoms with Crippen LogP contribution in [0.25, 0.3) is 16.6 Å². The van der Waals surface area contributed by atoms with Gasteiger partial charge in [0, 0.05) is 11.4 Å². The molecule has 0 saturated heterocycles. The molecule has 1 atom stereocenters. The maximum absolute atomic E-state index is 11.6. The minimum Gasteiger partial charge on any atom is -0.466 e. The minimum absolute atomic E-state index is 0.164. The number of hydrogen-bond acceptors (Lipinski definition) is 4. The number of aromatic nitrogens is 2. The van der Waals surface area contributed by atoms with Crippen LogP contribution in [0.5, 0.6) is 0 Å². The van der Waals surface area contributed by atoms with E-state index in [0.717, 1.165) is 22.2 Å². The number of esters is 1. The first-order valence-electron chi connectivity index (χ1n) is 7.63. The smallest absolute Gasteiger partial charge is 0.307 e. The maximum Gasteiger partial charge on any atom is 0.307 e. The predicted octanol–water partition coefficient (Wildman–Crippen LogP) is 2.98. The molecule has 0 saturated carbocycles. The van der Waals surface area contributed by atoms with Gasteiger partial charge in [0.25, 0.3) is 0 Å². The van der Waals surface area contributed by atoms with E-state index in [1.807, 2.05) is 59.4 Å². The molecular formula is C18H19N3O2. The minimum atomic E-state index is -0.393. The third kappa shape index (κ3) is 3.24. The monoisotopic (exact) mass is 309 g/mol. The van der Waals surface area contributed by atoms with Crippen molar-refractivity contribution < 1.29 is 9.53 Å². The second-order valence-electron chi connectivity index (χ2n) is 5.33. The largest absolute Gasteiger partial charge is 0.466 e. The first-order chi connectivity index (χ1) is 11.2. The van der Waals surface area contributed by atoms with E-state index in [1.165, 1.54) is 0 Å². The fraction of sp³-hybridized carbons (Fsp3) is 0.222. The van der Waals surface area contributed by atoms with Gasteiger partial charge in [0.2, 0.25) is 0 Å². The molecule has 0 fully saturated rings. The van der Waals surface area contributed by atoms with Crippen molar-refractivity contribution in [2.24, 2.45) is 5.73 Å². The van der Waals surface area contributed by atoms with Crippen LogP contribution in [-0.4, -0.2) is 22.4 Å². The number of benzene rings is 2. The van der Waals surface area contributed by atoms with Gasteiger partial charge in [-0.1, -0.05) is 30.3 Å². The third-order valence-corrected chi connectivity index (χ3v) is 3.71. The molecule has 5 nitrogen and oxygen atoms in total. The molecule has 1 aromatic heterocycles. The van der Waals surface area contributed by atoms with Gasteiger partial charge in [-0.2, -0.15) is 5.10 Å². The summed E-state index contributed by atoms with van der Waals surface area (Å²) in [4.78, 5) is 11.6. The number of fused-ring (bicyclic) bond motifs is 1. The molecule has 118 valence electrons. The lowest BCUT2D eigenvalue weighted by molar-refractivity contribution is -0.143. The summed E-state index contributed by atoms with van der Waals surface area (Å²) in [6.07, 6.45) is 2.00. The second kappa shape index (κ2) is 6.62. The Morgan fingerprint density at radius 3 is 2.91 bits per heavy atom. The van der Waals surface area contributed by atoms with E-state index in [-0.39, 0.29) is 12.4 Å². The van der Waals surface area contributed by atoms with Gasteiger partial charge in [0.05, 0.1) is 30.4 Å². The van der Waals surface area contributed by atoms with E-state index >= 15 is 0 Å². The number of carbonyl (C=O) groups is 1. The van der Waals surface area contributed by atoms with Crippen LogP contribution in [0.4, 0.5) is 0 Å². The van der Waals surface area contributed by atoms with Crippen molar-refractivity contribution in [3.63, 3.8) is 0 Å². The van der Waals surface area contributed by atoms with Crippen LogP contribution in [0, 0.1) is 0 Å². The van der Waals surface area contributed by atoms with Crippen molar-refractivity contribution in [2.75, 3.05) is 6.61 Å². The maximum atomic E-state index is 11.6. The van der Waals surface area contributed by atoms with Crippen LogP contribution in [0.2, 0.25) is 0 Å². The SMILES string of the molecule is CCOC(=O)C[C@H](N)c1cccc(-n2ncc3ccccc32)c1. The van der Waals surface area contributed by atoms with Gasteiger partial charge in [-0.05, 0) is 30.7 Å². The van der Waals surface area contributed by atoms with E-state index in [0.29, 0.717) is 6.61 Å². The number of para-hydroxylation sites is 1. The Morgan fingerprint density at radius 1 is 1.26 bits per heavy atom. The lowest BCUT2D eigenvalue weighted by atomic mass is 10.0. The van der Waals surface area contributed by atoms with E-state index in [1.54, 1.807) is 6.92 Å². The van der Waals surface area contributed by atoms with Gasteiger partial charge in [0.15, 0.2) is 0 Å². The molecule has 0 unspecified atom stereocenters. The van der Waals surface area contributed by atoms with E-state index in [4.69, 9.17) is 10.5 Å². The van der Waals surface area contributed by atoms with Crippen molar-refractivity contribution in [3.8, 4) is 5.69 Å². The number of nitrogens with two attached hydrogens (primary N) is 1. The second-order valence-corrected chi connectivity index (χ2v) is 5.33. The molecule has 0 spiro atoms. The molecule has 2 aromatic carbocycles. The van der Waals surface area contributed by atoms with E-state index < -0.39 is 6.04 Å². The first kappa shape index (κ1) is 15.2. The Bertz CT molecular complexity index is 826. The van der Waals surface area contributed by atoms with Gasteiger partial charge in [-0.25, -0.2) is 4.68 Å². The molecule has 0 bridgehead atoms. The van der Waals surface area contributed by atoms with Crippen LogP contribution in [0.1, 0.15) is 24.9 Å². The lowest BCUT2D eigenvalue weighted by Gasteiger charge is -2.13. The quantitative estimate of drug-likeness (QED) is 0.736. The molecule has 0 aliphatic rings. The highest BCUT2D eigenvalue weighted by molar-refractivity contribution is 5.80. The molecule has 3 aromatic rings. The van der Waals surface area contributed by atoms with Crippen molar-refractivity contribution in [1.29, 1.82) is 0 Å². The highest BCUT2D eigenvalue weighted by Crippen LogP contribution is 2.22. The molecule has 2 N–H and O–H groups in total. The summed E-state index contributed by atoms with van der Waals surface area (Å²) in [5.74, 6) is -0.282. The standard InChI is InChI=1S/C18H19N3O2/c1-2-23-18(22)11-16(19)13-7-5-8-15(10-13)21-17-9-4-3-6-14(17)12-20-21/h3-10,12,16H,2,11,19H2,1H3/t16-/m0/s1. The number of rotatable bonds is 5. The summed E-state index contributed by atoms with van der Waals surface area (Å²) >= 11 is 0. The summed E-state index contributed by atoms with van der Waals surface area (Å²) in [5, 5.41) is 5.52. The average molecular weight is 309 g/mol. The summed E-state index contributed by atoms with van der Waals surface area (Å²) in [7, 11) is 0. The summed E-state index contributed by atoms with van der Waals surface area (Å²) in [6.45, 7) is 2.15. The van der Waals surface area contributed by atoms with Crippen molar-refractivity contribution in [3.05, 3.63) is 60.3 Å². The van der Waals surface area contributed by atoms with Gasteiger partial charge in [-0.3, -0.25) is 4.79 Å². The predicted molar refractivity (Wildman–Crippen MR) is 89.2 cm³/mol. The first-order valence-corrected chi connectivity index (χ1v) is 7.63. The van der Waals surface area contributed by atoms with E-state index in [9.17, 15) is 4.79 Å². The van der Waals surface area contributed by atoms with Crippen LogP contribution >= 0.6 is 0 Å². The molecule has 3 rings (SSSR count). The highest BCUT2D eigenvalue weighted by atomic mass is 16.5. The van der Waals surface area contributed by atoms with Crippen LogP contribution in [-0.2, 0) is 9.53 Å². The van der Waals surface area contributed by atoms with Crippen molar-refractivity contribution in [1.82, 2.24) is 9.78 Å². The van der Waals surface area contributed by atoms with E-state index in [2.05, 4.69) is 5.10 Å². The zero-order chi connectivity index (χ0) is 16.2. The molecule has 1 heterocycles. The summed E-state index contributed by atoms with van der Waals surface area (Å²) in [5.41, 5.74) is 8.97. The Hall–Kier alpha value is -2.66. The van der Waals surface area contributed by atoms with Crippen LogP contribution < -0.4 is 5.73 Å². The molecule has 5 heteroatoms. The average Bonchev–Trinajstić information content (AvgIpc) is 2.99. The van der Waals surface area contributed by atoms with Gasteiger partial charge in [-0.15, -0.1) is 0 Å². The molecule has 0 aliphatic carbocycles. The Labute approximate surface area is 134 Å². The number of nitrogens with zero attached hydrogens (tertiary/aromatic N) is 2. The molecule has 0 radical (unpaired) electrons. The molecule has 0 aliphatic heterocycles.